The number of ether oxygens (including phenoxy) is 1. The van der Waals surface area contributed by atoms with Crippen molar-refractivity contribution < 1.29 is 19.1 Å². The fourth-order valence-corrected chi connectivity index (χ4v) is 4.72. The number of rotatable bonds is 3. The van der Waals surface area contributed by atoms with Gasteiger partial charge in [-0.2, -0.15) is 0 Å². The second-order valence-electron chi connectivity index (χ2n) is 7.91. The molecule has 0 bridgehead atoms. The number of nitrogens with zero attached hydrogens (tertiary/aromatic N) is 2. The lowest BCUT2D eigenvalue weighted by molar-refractivity contribution is -0.120. The number of amides is 4. The van der Waals surface area contributed by atoms with Crippen LogP contribution >= 0.6 is 11.6 Å². The van der Waals surface area contributed by atoms with Crippen molar-refractivity contribution in [3.63, 3.8) is 0 Å². The number of nitrogens with one attached hydrogen (secondary N) is 1. The van der Waals surface area contributed by atoms with E-state index in [2.05, 4.69) is 5.32 Å². The Bertz CT molecular complexity index is 1050. The van der Waals surface area contributed by atoms with Crippen LogP contribution in [0.3, 0.4) is 0 Å². The number of benzene rings is 2. The van der Waals surface area contributed by atoms with Crippen LogP contribution in [-0.4, -0.2) is 36.7 Å². The minimum atomic E-state index is -0.473. The average Bonchev–Trinajstić information content (AvgIpc) is 3.07. The summed E-state index contributed by atoms with van der Waals surface area (Å²) in [6.07, 6.45) is 2.94. The summed E-state index contributed by atoms with van der Waals surface area (Å²) in [6.45, 7) is 0.730. The van der Waals surface area contributed by atoms with Crippen LogP contribution in [0.25, 0.3) is 11.1 Å². The Balaban J connectivity index is 1.45. The molecule has 2 saturated heterocycles. The highest BCUT2D eigenvalue weighted by Gasteiger charge is 2.52. The minimum absolute atomic E-state index is 0.199. The third-order valence-corrected chi connectivity index (χ3v) is 6.56. The van der Waals surface area contributed by atoms with Gasteiger partial charge in [-0.05, 0) is 43.0 Å². The van der Waals surface area contributed by atoms with Crippen molar-refractivity contribution in [3.05, 3.63) is 47.5 Å². The molecule has 30 heavy (non-hydrogen) atoms. The van der Waals surface area contributed by atoms with E-state index in [9.17, 15) is 14.4 Å². The number of halogens is 1. The molecule has 1 spiro atoms. The van der Waals surface area contributed by atoms with Gasteiger partial charge in [-0.1, -0.05) is 35.9 Å². The van der Waals surface area contributed by atoms with Crippen molar-refractivity contribution in [2.75, 3.05) is 23.0 Å². The van der Waals surface area contributed by atoms with E-state index < -0.39 is 6.03 Å². The van der Waals surface area contributed by atoms with Gasteiger partial charge in [0.2, 0.25) is 5.91 Å². The fourth-order valence-electron chi connectivity index (χ4n) is 4.39. The largest absolute Gasteiger partial charge is 0.447 e. The Kier molecular flexibility index (Phi) is 4.43. The second-order valence-corrected chi connectivity index (χ2v) is 8.29. The van der Waals surface area contributed by atoms with Gasteiger partial charge in [0.25, 0.3) is 0 Å². The van der Waals surface area contributed by atoms with Gasteiger partial charge in [-0.25, -0.2) is 9.59 Å². The minimum Gasteiger partial charge on any atom is -0.447 e. The number of hydrogen-bond acceptors (Lipinski definition) is 4. The van der Waals surface area contributed by atoms with Crippen molar-refractivity contribution in [3.8, 4) is 11.1 Å². The zero-order valence-corrected chi connectivity index (χ0v) is 16.9. The van der Waals surface area contributed by atoms with E-state index in [1.54, 1.807) is 11.0 Å². The van der Waals surface area contributed by atoms with E-state index in [1.165, 1.54) is 4.90 Å². The Hall–Kier alpha value is -3.06. The molecule has 2 heterocycles. The lowest BCUT2D eigenvalue weighted by atomic mass is 9.76. The van der Waals surface area contributed by atoms with Crippen LogP contribution < -0.4 is 15.1 Å². The van der Waals surface area contributed by atoms with E-state index in [0.717, 1.165) is 36.1 Å². The summed E-state index contributed by atoms with van der Waals surface area (Å²) in [7, 11) is 0. The van der Waals surface area contributed by atoms with Crippen LogP contribution in [0, 0.1) is 0 Å². The Labute approximate surface area is 178 Å². The molecule has 8 heteroatoms. The molecule has 7 nitrogen and oxygen atoms in total. The van der Waals surface area contributed by atoms with Crippen molar-refractivity contribution in [1.29, 1.82) is 0 Å². The molecule has 1 N–H and O–H groups in total. The quantitative estimate of drug-likeness (QED) is 0.793. The highest BCUT2D eigenvalue weighted by Crippen LogP contribution is 2.45. The van der Waals surface area contributed by atoms with E-state index in [0.29, 0.717) is 17.3 Å². The first kappa shape index (κ1) is 18.9. The molecule has 4 amide bonds. The number of anilines is 2. The molecular weight excluding hydrogens is 406 g/mol. The van der Waals surface area contributed by atoms with Gasteiger partial charge in [0, 0.05) is 24.2 Å². The van der Waals surface area contributed by atoms with Crippen molar-refractivity contribution in [1.82, 2.24) is 5.32 Å². The van der Waals surface area contributed by atoms with Gasteiger partial charge in [0.1, 0.15) is 6.61 Å². The molecule has 5 rings (SSSR count). The van der Waals surface area contributed by atoms with E-state index in [1.807, 2.05) is 36.4 Å². The summed E-state index contributed by atoms with van der Waals surface area (Å²) in [5, 5.41) is 2.75. The topological polar surface area (TPSA) is 79.0 Å². The molecule has 3 aliphatic rings. The third-order valence-electron chi connectivity index (χ3n) is 6.17. The van der Waals surface area contributed by atoms with Gasteiger partial charge in [-0.15, -0.1) is 0 Å². The molecule has 2 aromatic rings. The summed E-state index contributed by atoms with van der Waals surface area (Å²) >= 11 is 6.65. The maximum atomic E-state index is 12.3. The van der Waals surface area contributed by atoms with E-state index >= 15 is 0 Å². The second kappa shape index (κ2) is 7.02. The predicted molar refractivity (Wildman–Crippen MR) is 113 cm³/mol. The van der Waals surface area contributed by atoms with Crippen molar-refractivity contribution in [2.45, 2.75) is 31.2 Å². The average molecular weight is 426 g/mol. The van der Waals surface area contributed by atoms with Gasteiger partial charge < -0.3 is 4.74 Å². The van der Waals surface area contributed by atoms with Crippen molar-refractivity contribution in [2.24, 2.45) is 0 Å². The van der Waals surface area contributed by atoms with Gasteiger partial charge in [0.05, 0.1) is 16.2 Å². The zero-order chi connectivity index (χ0) is 20.9. The first-order chi connectivity index (χ1) is 14.5. The normalized spacial score (nSPS) is 20.2. The van der Waals surface area contributed by atoms with E-state index in [4.69, 9.17) is 16.3 Å². The third kappa shape index (κ3) is 2.92. The summed E-state index contributed by atoms with van der Waals surface area (Å²) in [5.41, 5.74) is 2.80. The number of urea groups is 1. The van der Waals surface area contributed by atoms with Crippen LogP contribution in [0.2, 0.25) is 5.02 Å². The summed E-state index contributed by atoms with van der Waals surface area (Å²) in [6, 6.07) is 12.6. The predicted octanol–water partition coefficient (Wildman–Crippen LogP) is 4.33. The monoisotopic (exact) mass is 425 g/mol. The lowest BCUT2D eigenvalue weighted by Gasteiger charge is -2.42. The van der Waals surface area contributed by atoms with Crippen LogP contribution in [0.5, 0.6) is 0 Å². The van der Waals surface area contributed by atoms with Gasteiger partial charge in [0.15, 0.2) is 0 Å². The molecule has 1 aliphatic carbocycles. The maximum Gasteiger partial charge on any atom is 0.415 e. The Morgan fingerprint density at radius 3 is 2.47 bits per heavy atom. The standard InChI is InChI=1S/C22H20ClN3O4/c23-19-16(3-1-4-17(19)25-12-9-18(27)24-20(25)28)14-5-7-15(8-6-14)26-21(29)30-13-22(26)10-2-11-22/h1,3-8H,2,9-13H2,(H,24,27,28). The zero-order valence-electron chi connectivity index (χ0n) is 16.2. The van der Waals surface area contributed by atoms with Crippen LogP contribution in [0.1, 0.15) is 25.7 Å². The molecule has 154 valence electrons. The van der Waals surface area contributed by atoms with E-state index in [-0.39, 0.29) is 30.5 Å². The molecule has 0 radical (unpaired) electrons. The number of carbonyl (C=O) groups excluding carboxylic acids is 3. The smallest absolute Gasteiger partial charge is 0.415 e. The lowest BCUT2D eigenvalue weighted by Crippen LogP contribution is -2.52. The van der Waals surface area contributed by atoms with Crippen molar-refractivity contribution >= 4 is 41.0 Å². The number of cyclic esters (lactones) is 1. The SMILES string of the molecule is O=C1CCN(c2cccc(-c3ccc(N4C(=O)OCC45CCC5)cc3)c2Cl)C(=O)N1. The summed E-state index contributed by atoms with van der Waals surface area (Å²) in [5.74, 6) is -0.288. The van der Waals surface area contributed by atoms with Crippen LogP contribution in [-0.2, 0) is 9.53 Å². The summed E-state index contributed by atoms with van der Waals surface area (Å²) < 4.78 is 5.31. The fraction of sp³-hybridized carbons (Fsp3) is 0.318. The molecule has 3 fully saturated rings. The number of hydrogen-bond donors (Lipinski definition) is 1. The van der Waals surface area contributed by atoms with Crippen LogP contribution in [0.4, 0.5) is 21.0 Å². The molecule has 1 saturated carbocycles. The Morgan fingerprint density at radius 2 is 1.80 bits per heavy atom. The van der Waals surface area contributed by atoms with Crippen LogP contribution in [0.15, 0.2) is 42.5 Å². The van der Waals surface area contributed by atoms with Gasteiger partial charge in [-0.3, -0.25) is 19.9 Å². The Morgan fingerprint density at radius 1 is 1.03 bits per heavy atom. The summed E-state index contributed by atoms with van der Waals surface area (Å²) in [4.78, 5) is 39.2. The highest BCUT2D eigenvalue weighted by molar-refractivity contribution is 6.36. The first-order valence-electron chi connectivity index (χ1n) is 9.96. The molecule has 0 unspecified atom stereocenters. The molecule has 2 aromatic carbocycles. The molecular formula is C22H20ClN3O4. The molecule has 0 aromatic heterocycles. The number of carbonyl (C=O) groups is 3. The maximum absolute atomic E-state index is 12.3. The highest BCUT2D eigenvalue weighted by atomic mass is 35.5. The molecule has 0 atom stereocenters. The molecule has 2 aliphatic heterocycles. The van der Waals surface area contributed by atoms with Gasteiger partial charge >= 0.3 is 12.1 Å². The number of imide groups is 1. The first-order valence-corrected chi connectivity index (χ1v) is 10.3.